The molecule has 16 heavy (non-hydrogen) atoms. The van der Waals surface area contributed by atoms with Gasteiger partial charge < -0.3 is 5.32 Å². The maximum Gasteiger partial charge on any atom is 0.124 e. The Labute approximate surface area is 102 Å². The highest BCUT2D eigenvalue weighted by Crippen LogP contribution is 2.23. The van der Waals surface area contributed by atoms with Gasteiger partial charge in [-0.2, -0.15) is 0 Å². The third kappa shape index (κ3) is 2.79. The van der Waals surface area contributed by atoms with Crippen LogP contribution in [-0.4, -0.2) is 4.98 Å². The van der Waals surface area contributed by atoms with E-state index in [0.717, 1.165) is 11.4 Å². The zero-order valence-corrected chi connectivity index (χ0v) is 10.0. The number of nitrogens with zero attached hydrogens (tertiary/aromatic N) is 1. The van der Waals surface area contributed by atoms with Crippen LogP contribution in [0.15, 0.2) is 47.1 Å². The molecule has 0 amide bonds. The largest absolute Gasteiger partial charge is 0.378 e. The van der Waals surface area contributed by atoms with Crippen LogP contribution in [0.5, 0.6) is 0 Å². The van der Waals surface area contributed by atoms with E-state index in [9.17, 15) is 4.39 Å². The Morgan fingerprint density at radius 1 is 1.25 bits per heavy atom. The summed E-state index contributed by atoms with van der Waals surface area (Å²) in [5.41, 5.74) is 1.80. The second-order valence-electron chi connectivity index (χ2n) is 3.30. The lowest BCUT2D eigenvalue weighted by atomic mass is 10.3. The Kier molecular flexibility index (Phi) is 3.51. The zero-order chi connectivity index (χ0) is 11.4. The molecule has 2 aromatic rings. The van der Waals surface area contributed by atoms with Crippen molar-refractivity contribution in [3.63, 3.8) is 0 Å². The van der Waals surface area contributed by atoms with E-state index in [1.807, 2.05) is 18.2 Å². The molecule has 2 nitrogen and oxygen atoms in total. The van der Waals surface area contributed by atoms with Crippen molar-refractivity contribution in [1.82, 2.24) is 4.98 Å². The van der Waals surface area contributed by atoms with Crippen LogP contribution in [0.1, 0.15) is 5.69 Å². The van der Waals surface area contributed by atoms with Crippen LogP contribution in [0.3, 0.4) is 0 Å². The summed E-state index contributed by atoms with van der Waals surface area (Å²) in [5, 5.41) is 3.18. The number of hydrogen-bond acceptors (Lipinski definition) is 2. The molecule has 0 saturated heterocycles. The molecule has 0 radical (unpaired) electrons. The monoisotopic (exact) mass is 280 g/mol. The number of nitrogens with one attached hydrogen (secondary N) is 1. The van der Waals surface area contributed by atoms with Crippen molar-refractivity contribution in [2.75, 3.05) is 5.32 Å². The molecule has 4 heteroatoms. The standard InChI is InChI=1S/C12H10BrFN2/c13-11-7-9(14)4-5-12(11)16-8-10-3-1-2-6-15-10/h1-7,16H,8H2. The van der Waals surface area contributed by atoms with Gasteiger partial charge in [0.15, 0.2) is 0 Å². The summed E-state index contributed by atoms with van der Waals surface area (Å²) >= 11 is 3.30. The number of aromatic nitrogens is 1. The van der Waals surface area contributed by atoms with E-state index < -0.39 is 0 Å². The molecule has 0 fully saturated rings. The molecule has 2 rings (SSSR count). The minimum atomic E-state index is -0.254. The Balaban J connectivity index is 2.05. The predicted molar refractivity (Wildman–Crippen MR) is 65.7 cm³/mol. The first-order valence-electron chi connectivity index (χ1n) is 4.84. The average Bonchev–Trinajstić information content (AvgIpc) is 2.29. The van der Waals surface area contributed by atoms with Crippen molar-refractivity contribution in [3.8, 4) is 0 Å². The molecule has 1 N–H and O–H groups in total. The summed E-state index contributed by atoms with van der Waals surface area (Å²) in [6, 6.07) is 10.3. The van der Waals surface area contributed by atoms with Crippen LogP contribution >= 0.6 is 15.9 Å². The van der Waals surface area contributed by atoms with Crippen molar-refractivity contribution in [2.24, 2.45) is 0 Å². The number of anilines is 1. The SMILES string of the molecule is Fc1ccc(NCc2ccccn2)c(Br)c1. The highest BCUT2D eigenvalue weighted by atomic mass is 79.9. The second-order valence-corrected chi connectivity index (χ2v) is 4.15. The van der Waals surface area contributed by atoms with Gasteiger partial charge in [-0.1, -0.05) is 6.07 Å². The lowest BCUT2D eigenvalue weighted by molar-refractivity contribution is 0.627. The quantitative estimate of drug-likeness (QED) is 0.929. The predicted octanol–water partition coefficient (Wildman–Crippen LogP) is 3.60. The lowest BCUT2D eigenvalue weighted by Gasteiger charge is -2.07. The molecule has 0 saturated carbocycles. The molecule has 0 aliphatic rings. The van der Waals surface area contributed by atoms with Crippen molar-refractivity contribution in [1.29, 1.82) is 0 Å². The fraction of sp³-hybridized carbons (Fsp3) is 0.0833. The number of pyridine rings is 1. The number of halogens is 2. The van der Waals surface area contributed by atoms with Gasteiger partial charge in [0, 0.05) is 16.4 Å². The summed E-state index contributed by atoms with van der Waals surface area (Å²) in [4.78, 5) is 4.19. The molecule has 1 aromatic heterocycles. The third-order valence-electron chi connectivity index (χ3n) is 2.12. The fourth-order valence-corrected chi connectivity index (χ4v) is 1.81. The highest BCUT2D eigenvalue weighted by molar-refractivity contribution is 9.10. The van der Waals surface area contributed by atoms with Crippen LogP contribution < -0.4 is 5.32 Å². The van der Waals surface area contributed by atoms with Gasteiger partial charge >= 0.3 is 0 Å². The first kappa shape index (κ1) is 11.1. The van der Waals surface area contributed by atoms with Gasteiger partial charge in [-0.15, -0.1) is 0 Å². The molecular weight excluding hydrogens is 271 g/mol. The van der Waals surface area contributed by atoms with Crippen molar-refractivity contribution >= 4 is 21.6 Å². The van der Waals surface area contributed by atoms with Crippen molar-refractivity contribution in [2.45, 2.75) is 6.54 Å². The molecule has 0 bridgehead atoms. The molecule has 0 aliphatic heterocycles. The van der Waals surface area contributed by atoms with Crippen LogP contribution in [-0.2, 0) is 6.54 Å². The Morgan fingerprint density at radius 2 is 2.12 bits per heavy atom. The van der Waals surface area contributed by atoms with E-state index in [4.69, 9.17) is 0 Å². The van der Waals surface area contributed by atoms with Crippen LogP contribution in [0.2, 0.25) is 0 Å². The molecule has 0 unspecified atom stereocenters. The van der Waals surface area contributed by atoms with E-state index in [1.165, 1.54) is 12.1 Å². The number of rotatable bonds is 3. The summed E-state index contributed by atoms with van der Waals surface area (Å²) < 4.78 is 13.6. The third-order valence-corrected chi connectivity index (χ3v) is 2.77. The minimum Gasteiger partial charge on any atom is -0.378 e. The van der Waals surface area contributed by atoms with E-state index in [1.54, 1.807) is 12.3 Å². The molecule has 1 aromatic carbocycles. The Hall–Kier alpha value is -1.42. The fourth-order valence-electron chi connectivity index (χ4n) is 1.32. The van der Waals surface area contributed by atoms with Crippen LogP contribution in [0.4, 0.5) is 10.1 Å². The molecule has 1 heterocycles. The first-order valence-corrected chi connectivity index (χ1v) is 5.64. The van der Waals surface area contributed by atoms with Gasteiger partial charge in [0.2, 0.25) is 0 Å². The van der Waals surface area contributed by atoms with Gasteiger partial charge in [-0.05, 0) is 46.3 Å². The Bertz CT molecular complexity index is 474. The molecule has 0 spiro atoms. The second kappa shape index (κ2) is 5.07. The topological polar surface area (TPSA) is 24.9 Å². The minimum absolute atomic E-state index is 0.254. The van der Waals surface area contributed by atoms with Gasteiger partial charge in [0.05, 0.1) is 12.2 Å². The van der Waals surface area contributed by atoms with Gasteiger partial charge in [0.25, 0.3) is 0 Å². The summed E-state index contributed by atoms with van der Waals surface area (Å²) in [7, 11) is 0. The molecule has 0 atom stereocenters. The molecule has 0 aliphatic carbocycles. The normalized spacial score (nSPS) is 10.1. The van der Waals surface area contributed by atoms with Crippen LogP contribution in [0, 0.1) is 5.82 Å². The number of benzene rings is 1. The maximum atomic E-state index is 12.8. The smallest absolute Gasteiger partial charge is 0.124 e. The maximum absolute atomic E-state index is 12.8. The van der Waals surface area contributed by atoms with E-state index in [-0.39, 0.29) is 5.82 Å². The van der Waals surface area contributed by atoms with E-state index >= 15 is 0 Å². The summed E-state index contributed by atoms with van der Waals surface area (Å²) in [6.45, 7) is 0.616. The van der Waals surface area contributed by atoms with Crippen molar-refractivity contribution < 1.29 is 4.39 Å². The average molecular weight is 281 g/mol. The van der Waals surface area contributed by atoms with E-state index in [2.05, 4.69) is 26.2 Å². The van der Waals surface area contributed by atoms with Crippen molar-refractivity contribution in [3.05, 3.63) is 58.6 Å². The summed E-state index contributed by atoms with van der Waals surface area (Å²) in [5.74, 6) is -0.254. The molecule has 82 valence electrons. The van der Waals surface area contributed by atoms with Crippen LogP contribution in [0.25, 0.3) is 0 Å². The summed E-state index contributed by atoms with van der Waals surface area (Å²) in [6.07, 6.45) is 1.75. The highest BCUT2D eigenvalue weighted by Gasteiger charge is 2.01. The zero-order valence-electron chi connectivity index (χ0n) is 8.45. The Morgan fingerprint density at radius 3 is 2.81 bits per heavy atom. The van der Waals surface area contributed by atoms with Gasteiger partial charge in [-0.25, -0.2) is 4.39 Å². The molecular formula is C12H10BrFN2. The lowest BCUT2D eigenvalue weighted by Crippen LogP contribution is -2.01. The number of hydrogen-bond donors (Lipinski definition) is 1. The first-order chi connectivity index (χ1) is 7.75. The van der Waals surface area contributed by atoms with E-state index in [0.29, 0.717) is 11.0 Å². The van der Waals surface area contributed by atoms with Gasteiger partial charge in [0.1, 0.15) is 5.82 Å². The van der Waals surface area contributed by atoms with Gasteiger partial charge in [-0.3, -0.25) is 4.98 Å².